The summed E-state index contributed by atoms with van der Waals surface area (Å²) in [5.41, 5.74) is 4.23. The van der Waals surface area contributed by atoms with Gasteiger partial charge in [0, 0.05) is 25.7 Å². The summed E-state index contributed by atoms with van der Waals surface area (Å²) >= 11 is 0. The monoisotopic (exact) mass is 295 g/mol. The van der Waals surface area contributed by atoms with E-state index in [-0.39, 0.29) is 12.0 Å². The van der Waals surface area contributed by atoms with E-state index in [1.54, 1.807) is 12.4 Å². The van der Waals surface area contributed by atoms with Crippen LogP contribution in [0.3, 0.4) is 0 Å². The lowest BCUT2D eigenvalue weighted by atomic mass is 10.0. The Morgan fingerprint density at radius 3 is 2.45 bits per heavy atom. The van der Waals surface area contributed by atoms with Crippen molar-refractivity contribution in [3.63, 3.8) is 0 Å². The lowest BCUT2D eigenvalue weighted by Crippen LogP contribution is -2.30. The molecular weight excluding hydrogens is 278 g/mol. The molecule has 0 fully saturated rings. The van der Waals surface area contributed by atoms with E-state index in [2.05, 4.69) is 27.6 Å². The number of amides is 1. The SMILES string of the molecule is CC(=O)NC[C@H]1CC(c2ccc(-c3ccncc3)cc2)=NO1. The van der Waals surface area contributed by atoms with Gasteiger partial charge >= 0.3 is 0 Å². The van der Waals surface area contributed by atoms with Gasteiger partial charge < -0.3 is 10.2 Å². The second-order valence-electron chi connectivity index (χ2n) is 5.22. The predicted molar refractivity (Wildman–Crippen MR) is 84.4 cm³/mol. The lowest BCUT2D eigenvalue weighted by molar-refractivity contribution is -0.119. The number of benzene rings is 1. The maximum Gasteiger partial charge on any atom is 0.217 e. The smallest absolute Gasteiger partial charge is 0.217 e. The van der Waals surface area contributed by atoms with Crippen molar-refractivity contribution in [2.24, 2.45) is 5.16 Å². The molecule has 1 aromatic carbocycles. The van der Waals surface area contributed by atoms with Crippen molar-refractivity contribution in [1.29, 1.82) is 0 Å². The van der Waals surface area contributed by atoms with E-state index in [1.807, 2.05) is 24.3 Å². The van der Waals surface area contributed by atoms with Gasteiger partial charge in [0.15, 0.2) is 0 Å². The molecule has 0 bridgehead atoms. The summed E-state index contributed by atoms with van der Waals surface area (Å²) in [4.78, 5) is 20.3. The van der Waals surface area contributed by atoms with Gasteiger partial charge in [-0.15, -0.1) is 0 Å². The standard InChI is InChI=1S/C17H17N3O2/c1-12(21)19-11-16-10-17(20-22-16)15-4-2-13(3-5-15)14-6-8-18-9-7-14/h2-9,16H,10-11H2,1H3,(H,19,21)/t16-/m1/s1. The number of oxime groups is 1. The van der Waals surface area contributed by atoms with Crippen LogP contribution >= 0.6 is 0 Å². The average Bonchev–Trinajstić information content (AvgIpc) is 3.03. The minimum absolute atomic E-state index is 0.0567. The van der Waals surface area contributed by atoms with Gasteiger partial charge in [-0.1, -0.05) is 29.4 Å². The molecule has 1 aromatic heterocycles. The van der Waals surface area contributed by atoms with Gasteiger partial charge in [0.25, 0.3) is 0 Å². The third-order valence-corrected chi connectivity index (χ3v) is 3.54. The molecule has 5 heteroatoms. The topological polar surface area (TPSA) is 63.6 Å². The van der Waals surface area contributed by atoms with Crippen molar-refractivity contribution in [3.05, 3.63) is 54.4 Å². The van der Waals surface area contributed by atoms with E-state index in [9.17, 15) is 4.79 Å². The summed E-state index contributed by atoms with van der Waals surface area (Å²) < 4.78 is 0. The van der Waals surface area contributed by atoms with Gasteiger partial charge in [0.2, 0.25) is 5.91 Å². The lowest BCUT2D eigenvalue weighted by Gasteiger charge is -2.08. The van der Waals surface area contributed by atoms with Crippen LogP contribution < -0.4 is 5.32 Å². The van der Waals surface area contributed by atoms with Crippen LogP contribution in [0.4, 0.5) is 0 Å². The quantitative estimate of drug-likeness (QED) is 0.942. The highest BCUT2D eigenvalue weighted by Gasteiger charge is 2.22. The number of hydrogen-bond acceptors (Lipinski definition) is 4. The van der Waals surface area contributed by atoms with Crippen LogP contribution in [0.15, 0.2) is 53.9 Å². The molecular formula is C17H17N3O2. The zero-order chi connectivity index (χ0) is 15.4. The normalized spacial score (nSPS) is 16.8. The van der Waals surface area contributed by atoms with E-state index < -0.39 is 0 Å². The van der Waals surface area contributed by atoms with Gasteiger partial charge in [-0.3, -0.25) is 9.78 Å². The number of rotatable bonds is 4. The number of aromatic nitrogens is 1. The maximum absolute atomic E-state index is 10.9. The van der Waals surface area contributed by atoms with Crippen LogP contribution in [0.5, 0.6) is 0 Å². The van der Waals surface area contributed by atoms with Crippen LogP contribution in [0.25, 0.3) is 11.1 Å². The summed E-state index contributed by atoms with van der Waals surface area (Å²) in [6.45, 7) is 1.98. The van der Waals surface area contributed by atoms with E-state index in [1.165, 1.54) is 6.92 Å². The average molecular weight is 295 g/mol. The van der Waals surface area contributed by atoms with Crippen molar-refractivity contribution in [2.45, 2.75) is 19.4 Å². The maximum atomic E-state index is 10.9. The molecule has 2 aromatic rings. The molecule has 0 aliphatic carbocycles. The first-order valence-corrected chi connectivity index (χ1v) is 7.20. The molecule has 1 aliphatic rings. The molecule has 0 spiro atoms. The first-order valence-electron chi connectivity index (χ1n) is 7.20. The molecule has 1 atom stereocenters. The van der Waals surface area contributed by atoms with E-state index >= 15 is 0 Å². The summed E-state index contributed by atoms with van der Waals surface area (Å²) in [5.74, 6) is -0.0567. The van der Waals surface area contributed by atoms with Crippen LogP contribution in [0.1, 0.15) is 18.9 Å². The first-order chi connectivity index (χ1) is 10.7. The molecule has 2 heterocycles. The molecule has 112 valence electrons. The van der Waals surface area contributed by atoms with Gasteiger partial charge in [-0.25, -0.2) is 0 Å². The Balaban J connectivity index is 1.66. The summed E-state index contributed by atoms with van der Waals surface area (Å²) in [7, 11) is 0. The van der Waals surface area contributed by atoms with Crippen molar-refractivity contribution >= 4 is 11.6 Å². The Morgan fingerprint density at radius 2 is 1.77 bits per heavy atom. The van der Waals surface area contributed by atoms with Crippen molar-refractivity contribution in [1.82, 2.24) is 10.3 Å². The zero-order valence-corrected chi connectivity index (χ0v) is 12.3. The van der Waals surface area contributed by atoms with Crippen LogP contribution in [0.2, 0.25) is 0 Å². The third kappa shape index (κ3) is 3.31. The Morgan fingerprint density at radius 1 is 1.14 bits per heavy atom. The molecule has 22 heavy (non-hydrogen) atoms. The van der Waals surface area contributed by atoms with Crippen molar-refractivity contribution in [3.8, 4) is 11.1 Å². The molecule has 1 N–H and O–H groups in total. The van der Waals surface area contributed by atoms with Crippen LogP contribution in [0, 0.1) is 0 Å². The fourth-order valence-electron chi connectivity index (χ4n) is 2.37. The summed E-state index contributed by atoms with van der Waals surface area (Å²) in [5, 5.41) is 6.87. The Labute approximate surface area is 129 Å². The number of hydrogen-bond donors (Lipinski definition) is 1. The van der Waals surface area contributed by atoms with Gasteiger partial charge in [0.1, 0.15) is 6.10 Å². The highest BCUT2D eigenvalue weighted by molar-refractivity contribution is 6.01. The van der Waals surface area contributed by atoms with Crippen molar-refractivity contribution in [2.75, 3.05) is 6.54 Å². The molecule has 0 radical (unpaired) electrons. The van der Waals surface area contributed by atoms with E-state index in [4.69, 9.17) is 4.84 Å². The molecule has 0 unspecified atom stereocenters. The molecule has 5 nitrogen and oxygen atoms in total. The number of nitrogens with zero attached hydrogens (tertiary/aromatic N) is 2. The molecule has 1 amide bonds. The highest BCUT2D eigenvalue weighted by Crippen LogP contribution is 2.21. The van der Waals surface area contributed by atoms with Crippen molar-refractivity contribution < 1.29 is 9.63 Å². The summed E-state index contributed by atoms with van der Waals surface area (Å²) in [6.07, 6.45) is 4.18. The number of nitrogens with one attached hydrogen (secondary N) is 1. The molecule has 0 saturated carbocycles. The van der Waals surface area contributed by atoms with Crippen LogP contribution in [-0.2, 0) is 9.63 Å². The highest BCUT2D eigenvalue weighted by atomic mass is 16.6. The zero-order valence-electron chi connectivity index (χ0n) is 12.3. The van der Waals surface area contributed by atoms with E-state index in [0.717, 1.165) is 22.4 Å². The fourth-order valence-corrected chi connectivity index (χ4v) is 2.37. The minimum Gasteiger partial charge on any atom is -0.390 e. The van der Waals surface area contributed by atoms with E-state index in [0.29, 0.717) is 13.0 Å². The van der Waals surface area contributed by atoms with Gasteiger partial charge in [-0.05, 0) is 28.8 Å². The number of carbonyl (C=O) groups excluding carboxylic acids is 1. The Kier molecular flexibility index (Phi) is 4.14. The van der Waals surface area contributed by atoms with Crippen LogP contribution in [-0.4, -0.2) is 29.3 Å². The summed E-state index contributed by atoms with van der Waals surface area (Å²) in [6, 6.07) is 12.2. The third-order valence-electron chi connectivity index (χ3n) is 3.54. The molecule has 3 rings (SSSR count). The largest absolute Gasteiger partial charge is 0.390 e. The predicted octanol–water partition coefficient (Wildman–Crippen LogP) is 2.38. The molecule has 0 saturated heterocycles. The van der Waals surface area contributed by atoms with Gasteiger partial charge in [0.05, 0.1) is 12.3 Å². The first kappa shape index (κ1) is 14.3. The number of carbonyl (C=O) groups is 1. The Hall–Kier alpha value is -2.69. The minimum atomic E-state index is -0.0845. The number of pyridine rings is 1. The fraction of sp³-hybridized carbons (Fsp3) is 0.235. The second-order valence-corrected chi connectivity index (χ2v) is 5.22. The van der Waals surface area contributed by atoms with Gasteiger partial charge in [-0.2, -0.15) is 0 Å². The Bertz CT molecular complexity index is 681. The molecule has 1 aliphatic heterocycles. The second kappa shape index (κ2) is 6.39.